The molecule has 0 fully saturated rings. The van der Waals surface area contributed by atoms with Crippen molar-refractivity contribution >= 4 is 12.6 Å². The van der Waals surface area contributed by atoms with Crippen molar-refractivity contribution in [2.45, 2.75) is 20.1 Å². The van der Waals surface area contributed by atoms with E-state index in [4.69, 9.17) is 14.8 Å². The fourth-order valence-electron chi connectivity index (χ4n) is 1.00. The zero-order chi connectivity index (χ0) is 9.84. The van der Waals surface area contributed by atoms with Gasteiger partial charge in [-0.2, -0.15) is 5.10 Å². The highest BCUT2D eigenvalue weighted by molar-refractivity contribution is 6.58. The van der Waals surface area contributed by atoms with Gasteiger partial charge in [-0.15, -0.1) is 0 Å². The monoisotopic (exact) mass is 184 g/mol. The highest BCUT2D eigenvalue weighted by atomic mass is 16.5. The molecule has 1 unspecified atom stereocenters. The summed E-state index contributed by atoms with van der Waals surface area (Å²) in [5.41, 5.74) is 0.367. The van der Waals surface area contributed by atoms with Crippen LogP contribution in [0.15, 0.2) is 12.4 Å². The zero-order valence-corrected chi connectivity index (χ0v) is 7.71. The van der Waals surface area contributed by atoms with Crippen molar-refractivity contribution in [2.24, 2.45) is 0 Å². The molecule has 5 nitrogen and oxygen atoms in total. The third kappa shape index (κ3) is 2.55. The minimum Gasteiger partial charge on any atom is -0.423 e. The molecule has 0 spiro atoms. The Morgan fingerprint density at radius 1 is 1.69 bits per heavy atom. The van der Waals surface area contributed by atoms with E-state index in [1.807, 2.05) is 13.8 Å². The van der Waals surface area contributed by atoms with Crippen LogP contribution in [0.2, 0.25) is 0 Å². The Balaban J connectivity index is 2.67. The third-order valence-corrected chi connectivity index (χ3v) is 1.70. The number of nitrogens with zero attached hydrogens (tertiary/aromatic N) is 2. The molecule has 1 aromatic rings. The normalized spacial score (nSPS) is 12.9. The molecule has 1 rings (SSSR count). The van der Waals surface area contributed by atoms with E-state index >= 15 is 0 Å². The average Bonchev–Trinajstić information content (AvgIpc) is 2.52. The first-order chi connectivity index (χ1) is 6.15. The van der Waals surface area contributed by atoms with Gasteiger partial charge in [0.1, 0.15) is 6.23 Å². The van der Waals surface area contributed by atoms with Crippen molar-refractivity contribution < 1.29 is 14.8 Å². The second-order valence-electron chi connectivity index (χ2n) is 2.68. The predicted molar refractivity (Wildman–Crippen MR) is 48.4 cm³/mol. The number of aromatic nitrogens is 2. The van der Waals surface area contributed by atoms with Gasteiger partial charge in [0.05, 0.1) is 0 Å². The second-order valence-corrected chi connectivity index (χ2v) is 2.68. The van der Waals surface area contributed by atoms with E-state index in [1.165, 1.54) is 10.9 Å². The summed E-state index contributed by atoms with van der Waals surface area (Å²) in [6, 6.07) is 0. The van der Waals surface area contributed by atoms with E-state index < -0.39 is 7.12 Å². The number of hydrogen-bond acceptors (Lipinski definition) is 4. The quantitative estimate of drug-likeness (QED) is 0.596. The lowest BCUT2D eigenvalue weighted by molar-refractivity contribution is 0.0160. The molecule has 72 valence electrons. The minimum atomic E-state index is -1.47. The predicted octanol–water partition coefficient (Wildman–Crippen LogP) is -0.882. The topological polar surface area (TPSA) is 67.5 Å². The molecule has 2 N–H and O–H groups in total. The summed E-state index contributed by atoms with van der Waals surface area (Å²) < 4.78 is 6.80. The molecule has 0 bridgehead atoms. The molecule has 1 heterocycles. The van der Waals surface area contributed by atoms with Gasteiger partial charge in [-0.05, 0) is 13.8 Å². The molecular formula is C7H13BN2O3. The molecule has 0 aromatic carbocycles. The van der Waals surface area contributed by atoms with Gasteiger partial charge in [-0.3, -0.25) is 0 Å². The van der Waals surface area contributed by atoms with Gasteiger partial charge in [0.25, 0.3) is 0 Å². The Labute approximate surface area is 77.1 Å². The van der Waals surface area contributed by atoms with E-state index in [1.54, 1.807) is 6.20 Å². The SMILES string of the molecule is CCOC(C)n1cc(B(O)O)cn1. The van der Waals surface area contributed by atoms with E-state index in [9.17, 15) is 0 Å². The molecule has 0 saturated carbocycles. The Morgan fingerprint density at radius 3 is 2.85 bits per heavy atom. The number of hydrogen-bond donors (Lipinski definition) is 2. The lowest BCUT2D eigenvalue weighted by atomic mass is 9.83. The van der Waals surface area contributed by atoms with E-state index in [0.29, 0.717) is 12.1 Å². The van der Waals surface area contributed by atoms with E-state index in [0.717, 1.165) is 0 Å². The smallest absolute Gasteiger partial charge is 0.423 e. The van der Waals surface area contributed by atoms with Crippen LogP contribution in [0.25, 0.3) is 0 Å². The second kappa shape index (κ2) is 4.41. The van der Waals surface area contributed by atoms with Crippen LogP contribution in [0.3, 0.4) is 0 Å². The van der Waals surface area contributed by atoms with Crippen LogP contribution in [0.1, 0.15) is 20.1 Å². The van der Waals surface area contributed by atoms with Crippen molar-refractivity contribution in [3.8, 4) is 0 Å². The summed E-state index contributed by atoms with van der Waals surface area (Å²) in [5, 5.41) is 21.5. The van der Waals surface area contributed by atoms with Crippen LogP contribution in [-0.2, 0) is 4.74 Å². The molecule has 13 heavy (non-hydrogen) atoms. The van der Waals surface area contributed by atoms with Gasteiger partial charge in [0.2, 0.25) is 0 Å². The molecule has 0 amide bonds. The fourth-order valence-corrected chi connectivity index (χ4v) is 1.00. The summed E-state index contributed by atoms with van der Waals surface area (Å²) in [6.07, 6.45) is 2.77. The first-order valence-electron chi connectivity index (χ1n) is 4.17. The van der Waals surface area contributed by atoms with Gasteiger partial charge < -0.3 is 14.8 Å². The highest BCUT2D eigenvalue weighted by Gasteiger charge is 2.14. The van der Waals surface area contributed by atoms with Crippen molar-refractivity contribution in [3.05, 3.63) is 12.4 Å². The molecule has 6 heteroatoms. The van der Waals surface area contributed by atoms with Gasteiger partial charge in [0.15, 0.2) is 0 Å². The lowest BCUT2D eigenvalue weighted by Crippen LogP contribution is -2.28. The third-order valence-electron chi connectivity index (χ3n) is 1.70. The molecule has 0 aliphatic rings. The molecule has 0 radical (unpaired) electrons. The number of ether oxygens (including phenoxy) is 1. The van der Waals surface area contributed by atoms with Gasteiger partial charge in [0, 0.05) is 24.5 Å². The Bertz CT molecular complexity index is 264. The van der Waals surface area contributed by atoms with Crippen LogP contribution in [0, 0.1) is 0 Å². The highest BCUT2D eigenvalue weighted by Crippen LogP contribution is 2.03. The summed E-state index contributed by atoms with van der Waals surface area (Å²) in [6.45, 7) is 4.32. The molecule has 1 aromatic heterocycles. The van der Waals surface area contributed by atoms with Crippen molar-refractivity contribution in [1.82, 2.24) is 9.78 Å². The maximum absolute atomic E-state index is 8.81. The first-order valence-corrected chi connectivity index (χ1v) is 4.17. The molecule has 0 aliphatic heterocycles. The van der Waals surface area contributed by atoms with Crippen LogP contribution in [0.4, 0.5) is 0 Å². The van der Waals surface area contributed by atoms with Gasteiger partial charge in [-0.1, -0.05) is 0 Å². The van der Waals surface area contributed by atoms with Crippen LogP contribution in [0.5, 0.6) is 0 Å². The molecule has 0 aliphatic carbocycles. The number of rotatable bonds is 4. The van der Waals surface area contributed by atoms with Crippen LogP contribution >= 0.6 is 0 Å². The molecule has 0 saturated heterocycles. The summed E-state index contributed by atoms with van der Waals surface area (Å²) in [5.74, 6) is 0. The van der Waals surface area contributed by atoms with Crippen molar-refractivity contribution in [2.75, 3.05) is 6.61 Å². The minimum absolute atomic E-state index is 0.183. The Kier molecular flexibility index (Phi) is 3.47. The average molecular weight is 184 g/mol. The van der Waals surface area contributed by atoms with Crippen LogP contribution in [-0.4, -0.2) is 33.6 Å². The largest absolute Gasteiger partial charge is 0.491 e. The Morgan fingerprint density at radius 2 is 2.38 bits per heavy atom. The molecular weight excluding hydrogens is 171 g/mol. The maximum atomic E-state index is 8.81. The standard InChI is InChI=1S/C7H13BN2O3/c1-3-13-6(2)10-5-7(4-9-10)8(11)12/h4-6,11-12H,3H2,1-2H3. The van der Waals surface area contributed by atoms with E-state index in [2.05, 4.69) is 5.10 Å². The summed E-state index contributed by atoms with van der Waals surface area (Å²) in [7, 11) is -1.47. The van der Waals surface area contributed by atoms with Gasteiger partial charge >= 0.3 is 7.12 Å². The zero-order valence-electron chi connectivity index (χ0n) is 7.71. The van der Waals surface area contributed by atoms with Crippen LogP contribution < -0.4 is 5.46 Å². The van der Waals surface area contributed by atoms with E-state index in [-0.39, 0.29) is 6.23 Å². The fraction of sp³-hybridized carbons (Fsp3) is 0.571. The summed E-state index contributed by atoms with van der Waals surface area (Å²) >= 11 is 0. The Hall–Kier alpha value is -0.845. The first kappa shape index (κ1) is 10.2. The van der Waals surface area contributed by atoms with Crippen molar-refractivity contribution in [3.63, 3.8) is 0 Å². The summed E-state index contributed by atoms with van der Waals surface area (Å²) in [4.78, 5) is 0. The van der Waals surface area contributed by atoms with Gasteiger partial charge in [-0.25, -0.2) is 4.68 Å². The maximum Gasteiger partial charge on any atom is 0.491 e. The molecule has 1 atom stereocenters. The lowest BCUT2D eigenvalue weighted by Gasteiger charge is -2.11. The van der Waals surface area contributed by atoms with Crippen molar-refractivity contribution in [1.29, 1.82) is 0 Å².